The standard InChI is InChI=1S/C20H29N3O4/c1-13(21)18(24)22-12-15-7-9-16(10-8-15)19(25)23-17(20(26)27)11-14-5-3-2-4-6-14/h2-6,13,15-17H,7-12,21H2,1H3,(H,22,24)(H,23,25)(H,26,27)/t13-,15?,16?,17+/m1/s1. The number of nitrogens with one attached hydrogen (secondary N) is 2. The van der Waals surface area contributed by atoms with Crippen LogP contribution in [0.3, 0.4) is 0 Å². The molecule has 0 saturated heterocycles. The summed E-state index contributed by atoms with van der Waals surface area (Å²) >= 11 is 0. The van der Waals surface area contributed by atoms with Crippen LogP contribution in [0, 0.1) is 11.8 Å². The fraction of sp³-hybridized carbons (Fsp3) is 0.550. The van der Waals surface area contributed by atoms with Crippen LogP contribution in [0.4, 0.5) is 0 Å². The van der Waals surface area contributed by atoms with Crippen LogP contribution in [-0.4, -0.2) is 36.4 Å². The number of benzene rings is 1. The summed E-state index contributed by atoms with van der Waals surface area (Å²) in [5.41, 5.74) is 4.53. The van der Waals surface area contributed by atoms with E-state index in [0.717, 1.165) is 18.4 Å². The molecule has 1 fully saturated rings. The van der Waals surface area contributed by atoms with Crippen molar-refractivity contribution in [2.24, 2.45) is 11.8 Å². The van der Waals surface area contributed by atoms with Gasteiger partial charge >= 0.3 is 0 Å². The maximum absolute atomic E-state index is 12.5. The van der Waals surface area contributed by atoms with Crippen molar-refractivity contribution in [1.29, 1.82) is 0 Å². The Labute approximate surface area is 159 Å². The lowest BCUT2D eigenvalue weighted by molar-refractivity contribution is -0.398. The smallest absolute Gasteiger partial charge is 0.277 e. The van der Waals surface area contributed by atoms with Gasteiger partial charge in [-0.25, -0.2) is 0 Å². The molecule has 0 bridgehead atoms. The molecule has 7 nitrogen and oxygen atoms in total. The summed E-state index contributed by atoms with van der Waals surface area (Å²) < 4.78 is 0. The van der Waals surface area contributed by atoms with E-state index in [4.69, 9.17) is 0 Å². The second kappa shape index (κ2) is 10.1. The van der Waals surface area contributed by atoms with Crippen LogP contribution in [0.25, 0.3) is 0 Å². The molecule has 2 rings (SSSR count). The van der Waals surface area contributed by atoms with E-state index in [1.807, 2.05) is 30.3 Å². The molecule has 2 atom stereocenters. The lowest BCUT2D eigenvalue weighted by Crippen LogP contribution is -2.66. The van der Waals surface area contributed by atoms with E-state index in [0.29, 0.717) is 25.3 Å². The number of carboxylic acid groups (broad SMARTS) is 1. The zero-order valence-electron chi connectivity index (χ0n) is 15.8. The largest absolute Gasteiger partial charge is 0.548 e. The molecule has 1 aromatic carbocycles. The van der Waals surface area contributed by atoms with Gasteiger partial charge in [-0.15, -0.1) is 0 Å². The van der Waals surface area contributed by atoms with Crippen LogP contribution < -0.4 is 21.5 Å². The molecule has 0 unspecified atom stereocenters. The van der Waals surface area contributed by atoms with E-state index >= 15 is 0 Å². The SMILES string of the molecule is C[C@@H]([NH3+])C(=O)NCC1CCC(C(=O)N[C@@H](Cc2ccccc2)C(=O)[O-])CC1. The molecule has 1 aromatic rings. The highest BCUT2D eigenvalue weighted by Gasteiger charge is 2.28. The minimum absolute atomic E-state index is 0.0624. The summed E-state index contributed by atoms with van der Waals surface area (Å²) in [7, 11) is 0. The van der Waals surface area contributed by atoms with Crippen molar-refractivity contribution in [2.75, 3.05) is 6.54 Å². The monoisotopic (exact) mass is 375 g/mol. The van der Waals surface area contributed by atoms with E-state index in [1.165, 1.54) is 0 Å². The summed E-state index contributed by atoms with van der Waals surface area (Å²) in [6.07, 6.45) is 3.26. The molecule has 5 N–H and O–H groups in total. The van der Waals surface area contributed by atoms with Gasteiger partial charge in [-0.2, -0.15) is 0 Å². The molecule has 2 amide bonds. The average Bonchev–Trinajstić information content (AvgIpc) is 2.66. The number of carbonyl (C=O) groups is 3. The van der Waals surface area contributed by atoms with E-state index in [-0.39, 0.29) is 30.2 Å². The quantitative estimate of drug-likeness (QED) is 0.540. The number of carboxylic acids is 1. The van der Waals surface area contributed by atoms with Crippen molar-refractivity contribution in [3.05, 3.63) is 35.9 Å². The van der Waals surface area contributed by atoms with Crippen LogP contribution in [0.1, 0.15) is 38.2 Å². The second-order valence-corrected chi connectivity index (χ2v) is 7.43. The Morgan fingerprint density at radius 1 is 1.15 bits per heavy atom. The normalized spacial score (nSPS) is 21.7. The summed E-state index contributed by atoms with van der Waals surface area (Å²) in [6.45, 7) is 2.35. The van der Waals surface area contributed by atoms with Crippen molar-refractivity contribution >= 4 is 17.8 Å². The Morgan fingerprint density at radius 3 is 2.33 bits per heavy atom. The molecule has 1 aliphatic carbocycles. The summed E-state index contributed by atoms with van der Waals surface area (Å²) in [5, 5.41) is 16.9. The van der Waals surface area contributed by atoms with Gasteiger partial charge in [-0.05, 0) is 50.5 Å². The van der Waals surface area contributed by atoms with Crippen LogP contribution in [0.5, 0.6) is 0 Å². The first-order valence-electron chi connectivity index (χ1n) is 9.52. The van der Waals surface area contributed by atoms with Crippen molar-refractivity contribution in [3.8, 4) is 0 Å². The van der Waals surface area contributed by atoms with Crippen molar-refractivity contribution in [3.63, 3.8) is 0 Å². The minimum atomic E-state index is -1.27. The molecule has 1 saturated carbocycles. The van der Waals surface area contributed by atoms with Crippen molar-refractivity contribution < 1.29 is 25.2 Å². The van der Waals surface area contributed by atoms with Gasteiger partial charge < -0.3 is 26.3 Å². The number of hydrogen-bond acceptors (Lipinski definition) is 4. The molecule has 0 aliphatic heterocycles. The molecule has 0 radical (unpaired) electrons. The fourth-order valence-corrected chi connectivity index (χ4v) is 3.38. The lowest BCUT2D eigenvalue weighted by atomic mass is 9.81. The molecule has 148 valence electrons. The molecule has 0 aromatic heterocycles. The highest BCUT2D eigenvalue weighted by Crippen LogP contribution is 2.28. The number of aliphatic carboxylic acids is 1. The Bertz CT molecular complexity index is 640. The molecular formula is C20H29N3O4. The molecular weight excluding hydrogens is 346 g/mol. The van der Waals surface area contributed by atoms with Crippen LogP contribution in [-0.2, 0) is 20.8 Å². The zero-order chi connectivity index (χ0) is 19.8. The predicted molar refractivity (Wildman–Crippen MR) is 97.9 cm³/mol. The summed E-state index contributed by atoms with van der Waals surface area (Å²) in [5.74, 6) is -1.41. The molecule has 27 heavy (non-hydrogen) atoms. The Kier molecular flexibility index (Phi) is 7.79. The molecule has 0 spiro atoms. The topological polar surface area (TPSA) is 126 Å². The first-order chi connectivity index (χ1) is 12.9. The van der Waals surface area contributed by atoms with Gasteiger partial charge in [0.2, 0.25) is 5.91 Å². The first-order valence-corrected chi connectivity index (χ1v) is 9.52. The third-order valence-corrected chi connectivity index (χ3v) is 5.11. The first kappa shape index (κ1) is 20.9. The average molecular weight is 375 g/mol. The van der Waals surface area contributed by atoms with Gasteiger partial charge in [-0.1, -0.05) is 30.3 Å². The van der Waals surface area contributed by atoms with Crippen LogP contribution >= 0.6 is 0 Å². The summed E-state index contributed by atoms with van der Waals surface area (Å²) in [4.78, 5) is 35.5. The third-order valence-electron chi connectivity index (χ3n) is 5.11. The molecule has 0 heterocycles. The zero-order valence-corrected chi connectivity index (χ0v) is 15.8. The Hall–Kier alpha value is -2.41. The maximum Gasteiger partial charge on any atom is 0.277 e. The van der Waals surface area contributed by atoms with E-state index in [1.54, 1.807) is 6.92 Å². The number of rotatable bonds is 8. The lowest BCUT2D eigenvalue weighted by Gasteiger charge is -2.29. The maximum atomic E-state index is 12.5. The van der Waals surface area contributed by atoms with Gasteiger partial charge in [0.15, 0.2) is 6.04 Å². The number of carbonyl (C=O) groups excluding carboxylic acids is 3. The summed E-state index contributed by atoms with van der Waals surface area (Å²) in [6, 6.07) is 7.86. The Balaban J connectivity index is 1.80. The van der Waals surface area contributed by atoms with Crippen molar-refractivity contribution in [1.82, 2.24) is 10.6 Å². The van der Waals surface area contributed by atoms with E-state index in [2.05, 4.69) is 16.4 Å². The number of amides is 2. The van der Waals surface area contributed by atoms with Gasteiger partial charge in [0.05, 0.1) is 12.0 Å². The number of hydrogen-bond donors (Lipinski definition) is 3. The van der Waals surface area contributed by atoms with Crippen molar-refractivity contribution in [2.45, 2.75) is 51.1 Å². The van der Waals surface area contributed by atoms with Crippen LogP contribution in [0.2, 0.25) is 0 Å². The van der Waals surface area contributed by atoms with Gasteiger partial charge in [0.1, 0.15) is 0 Å². The minimum Gasteiger partial charge on any atom is -0.548 e. The molecule has 7 heteroatoms. The highest BCUT2D eigenvalue weighted by molar-refractivity contribution is 5.84. The Morgan fingerprint density at radius 2 is 1.78 bits per heavy atom. The van der Waals surface area contributed by atoms with Gasteiger partial charge in [0.25, 0.3) is 5.91 Å². The fourth-order valence-electron chi connectivity index (χ4n) is 3.38. The van der Waals surface area contributed by atoms with E-state index in [9.17, 15) is 19.5 Å². The highest BCUT2D eigenvalue weighted by atomic mass is 16.4. The predicted octanol–water partition coefficient (Wildman–Crippen LogP) is -0.983. The van der Waals surface area contributed by atoms with E-state index < -0.39 is 12.0 Å². The van der Waals surface area contributed by atoms with Gasteiger partial charge in [-0.3, -0.25) is 9.59 Å². The molecule has 1 aliphatic rings. The van der Waals surface area contributed by atoms with Crippen LogP contribution in [0.15, 0.2) is 30.3 Å². The van der Waals surface area contributed by atoms with Gasteiger partial charge in [0, 0.05) is 12.5 Å². The number of quaternary nitrogens is 1. The second-order valence-electron chi connectivity index (χ2n) is 7.43. The third kappa shape index (κ3) is 6.67.